The molecular weight excluding hydrogens is 216 g/mol. The number of aliphatic hydroxyl groups excluding tert-OH is 1. The Kier molecular flexibility index (Phi) is 2.77. The van der Waals surface area contributed by atoms with Crippen LogP contribution in [0.4, 0.5) is 0 Å². The van der Waals surface area contributed by atoms with Gasteiger partial charge in [-0.15, -0.1) is 11.3 Å². The summed E-state index contributed by atoms with van der Waals surface area (Å²) in [7, 11) is 0. The van der Waals surface area contributed by atoms with Crippen molar-refractivity contribution in [3.63, 3.8) is 0 Å². The van der Waals surface area contributed by atoms with E-state index >= 15 is 0 Å². The van der Waals surface area contributed by atoms with E-state index in [-0.39, 0.29) is 6.61 Å². The summed E-state index contributed by atoms with van der Waals surface area (Å²) in [5, 5.41) is 13.2. The van der Waals surface area contributed by atoms with Crippen LogP contribution in [-0.2, 0) is 13.0 Å². The molecule has 0 atom stereocenters. The third-order valence-corrected chi connectivity index (χ3v) is 3.74. The van der Waals surface area contributed by atoms with Crippen LogP contribution in [0.3, 0.4) is 0 Å². The Bertz CT molecular complexity index is 462. The summed E-state index contributed by atoms with van der Waals surface area (Å²) >= 11 is 7.80. The van der Waals surface area contributed by atoms with Gasteiger partial charge in [-0.25, -0.2) is 0 Å². The molecular formula is C11H11ClOS. The van der Waals surface area contributed by atoms with Gasteiger partial charge >= 0.3 is 0 Å². The Morgan fingerprint density at radius 1 is 1.43 bits per heavy atom. The van der Waals surface area contributed by atoms with E-state index < -0.39 is 0 Å². The summed E-state index contributed by atoms with van der Waals surface area (Å²) in [5.41, 5.74) is 2.06. The smallest absolute Gasteiger partial charge is 0.0699 e. The van der Waals surface area contributed by atoms with Crippen LogP contribution in [0, 0.1) is 0 Å². The number of thiophene rings is 1. The number of hydrogen-bond acceptors (Lipinski definition) is 2. The highest BCUT2D eigenvalue weighted by Gasteiger charge is 2.10. The van der Waals surface area contributed by atoms with Crippen molar-refractivity contribution in [2.45, 2.75) is 20.0 Å². The zero-order valence-electron chi connectivity index (χ0n) is 7.88. The Morgan fingerprint density at radius 2 is 2.21 bits per heavy atom. The van der Waals surface area contributed by atoms with Gasteiger partial charge in [0.15, 0.2) is 0 Å². The Morgan fingerprint density at radius 3 is 2.86 bits per heavy atom. The van der Waals surface area contributed by atoms with Crippen LogP contribution in [0.1, 0.15) is 18.1 Å². The van der Waals surface area contributed by atoms with Gasteiger partial charge in [-0.1, -0.05) is 18.5 Å². The Hall–Kier alpha value is -0.570. The summed E-state index contributed by atoms with van der Waals surface area (Å²) < 4.78 is 1.25. The van der Waals surface area contributed by atoms with Crippen molar-refractivity contribution in [1.29, 1.82) is 0 Å². The van der Waals surface area contributed by atoms with E-state index in [1.165, 1.54) is 15.6 Å². The highest BCUT2D eigenvalue weighted by Crippen LogP contribution is 2.33. The fourth-order valence-electron chi connectivity index (χ4n) is 1.73. The quantitative estimate of drug-likeness (QED) is 0.830. The normalized spacial score (nSPS) is 11.1. The van der Waals surface area contributed by atoms with Crippen LogP contribution >= 0.6 is 22.9 Å². The Labute approximate surface area is 91.9 Å². The number of benzene rings is 1. The monoisotopic (exact) mass is 226 g/mol. The molecule has 1 aromatic heterocycles. The third-order valence-electron chi connectivity index (χ3n) is 2.42. The second kappa shape index (κ2) is 3.89. The standard InChI is InChI=1S/C11H11ClOS/c1-2-8-9(6-13)10(12)5-7-3-4-14-11(7)8/h3-5,13H,2,6H2,1H3. The summed E-state index contributed by atoms with van der Waals surface area (Å²) in [6, 6.07) is 3.99. The molecule has 14 heavy (non-hydrogen) atoms. The number of aliphatic hydroxyl groups is 1. The maximum Gasteiger partial charge on any atom is 0.0699 e. The zero-order chi connectivity index (χ0) is 10.1. The predicted molar refractivity (Wildman–Crippen MR) is 62.1 cm³/mol. The highest BCUT2D eigenvalue weighted by molar-refractivity contribution is 7.17. The average Bonchev–Trinajstić information content (AvgIpc) is 2.62. The number of rotatable bonds is 2. The second-order valence-electron chi connectivity index (χ2n) is 3.17. The van der Waals surface area contributed by atoms with Gasteiger partial charge < -0.3 is 5.11 Å². The van der Waals surface area contributed by atoms with Gasteiger partial charge in [0.2, 0.25) is 0 Å². The van der Waals surface area contributed by atoms with Crippen LogP contribution in [0.25, 0.3) is 10.1 Å². The van der Waals surface area contributed by atoms with Gasteiger partial charge in [0.05, 0.1) is 6.61 Å². The van der Waals surface area contributed by atoms with E-state index in [2.05, 4.69) is 18.4 Å². The molecule has 0 unspecified atom stereocenters. The first-order chi connectivity index (χ1) is 6.77. The molecule has 1 heterocycles. The van der Waals surface area contributed by atoms with Crippen molar-refractivity contribution < 1.29 is 5.11 Å². The van der Waals surface area contributed by atoms with Crippen molar-refractivity contribution in [3.05, 3.63) is 33.7 Å². The SMILES string of the molecule is CCc1c(CO)c(Cl)cc2ccsc12. The van der Waals surface area contributed by atoms with Gasteiger partial charge in [0.1, 0.15) is 0 Å². The molecule has 0 radical (unpaired) electrons. The molecule has 1 aromatic carbocycles. The van der Waals surface area contributed by atoms with Crippen molar-refractivity contribution in [2.24, 2.45) is 0 Å². The molecule has 0 fully saturated rings. The number of hydrogen-bond donors (Lipinski definition) is 1. The molecule has 0 amide bonds. The topological polar surface area (TPSA) is 20.2 Å². The van der Waals surface area contributed by atoms with E-state index in [1.54, 1.807) is 11.3 Å². The number of fused-ring (bicyclic) bond motifs is 1. The van der Waals surface area contributed by atoms with Crippen LogP contribution in [-0.4, -0.2) is 5.11 Å². The molecule has 0 aliphatic rings. The minimum absolute atomic E-state index is 0.0237. The molecule has 74 valence electrons. The molecule has 0 saturated carbocycles. The molecule has 2 rings (SSSR count). The van der Waals surface area contributed by atoms with Crippen LogP contribution in [0.5, 0.6) is 0 Å². The largest absolute Gasteiger partial charge is 0.392 e. The molecule has 0 spiro atoms. The van der Waals surface area contributed by atoms with Gasteiger partial charge in [-0.3, -0.25) is 0 Å². The van der Waals surface area contributed by atoms with E-state index in [1.807, 2.05) is 6.07 Å². The zero-order valence-corrected chi connectivity index (χ0v) is 9.45. The first kappa shape index (κ1) is 9.97. The van der Waals surface area contributed by atoms with E-state index in [4.69, 9.17) is 11.6 Å². The predicted octanol–water partition coefficient (Wildman–Crippen LogP) is 3.61. The maximum atomic E-state index is 9.25. The second-order valence-corrected chi connectivity index (χ2v) is 4.49. The van der Waals surface area contributed by atoms with Gasteiger partial charge in [0, 0.05) is 15.3 Å². The summed E-state index contributed by atoms with van der Waals surface area (Å²) in [6.07, 6.45) is 0.910. The first-order valence-corrected chi connectivity index (χ1v) is 5.82. The molecule has 0 aliphatic carbocycles. The molecule has 1 N–H and O–H groups in total. The van der Waals surface area contributed by atoms with E-state index in [9.17, 15) is 5.11 Å². The fraction of sp³-hybridized carbons (Fsp3) is 0.273. The molecule has 0 aliphatic heterocycles. The fourth-order valence-corrected chi connectivity index (χ4v) is 3.04. The average molecular weight is 227 g/mol. The molecule has 1 nitrogen and oxygen atoms in total. The lowest BCUT2D eigenvalue weighted by Gasteiger charge is -2.08. The first-order valence-electron chi connectivity index (χ1n) is 4.56. The van der Waals surface area contributed by atoms with Crippen LogP contribution in [0.15, 0.2) is 17.5 Å². The van der Waals surface area contributed by atoms with Crippen LogP contribution < -0.4 is 0 Å². The summed E-state index contributed by atoms with van der Waals surface area (Å²) in [5.74, 6) is 0. The van der Waals surface area contributed by atoms with Gasteiger partial charge in [-0.2, -0.15) is 0 Å². The molecule has 0 bridgehead atoms. The third kappa shape index (κ3) is 1.44. The van der Waals surface area contributed by atoms with E-state index in [0.29, 0.717) is 5.02 Å². The lowest BCUT2D eigenvalue weighted by molar-refractivity contribution is 0.281. The minimum Gasteiger partial charge on any atom is -0.392 e. The molecule has 0 saturated heterocycles. The summed E-state index contributed by atoms with van der Waals surface area (Å²) in [6.45, 7) is 2.11. The number of halogens is 1. The molecule has 2 aromatic rings. The van der Waals surface area contributed by atoms with Crippen molar-refractivity contribution in [2.75, 3.05) is 0 Å². The van der Waals surface area contributed by atoms with Gasteiger partial charge in [0.25, 0.3) is 0 Å². The van der Waals surface area contributed by atoms with Gasteiger partial charge in [-0.05, 0) is 34.9 Å². The highest BCUT2D eigenvalue weighted by atomic mass is 35.5. The van der Waals surface area contributed by atoms with Crippen molar-refractivity contribution in [1.82, 2.24) is 0 Å². The lowest BCUT2D eigenvalue weighted by Crippen LogP contribution is -1.93. The summed E-state index contributed by atoms with van der Waals surface area (Å²) in [4.78, 5) is 0. The molecule has 3 heteroatoms. The van der Waals surface area contributed by atoms with E-state index in [0.717, 1.165) is 12.0 Å². The number of aryl methyl sites for hydroxylation is 1. The minimum atomic E-state index is 0.0237. The lowest BCUT2D eigenvalue weighted by atomic mass is 10.0. The van der Waals surface area contributed by atoms with Crippen molar-refractivity contribution in [3.8, 4) is 0 Å². The Balaban J connectivity index is 2.82. The maximum absolute atomic E-state index is 9.25. The van der Waals surface area contributed by atoms with Crippen LogP contribution in [0.2, 0.25) is 5.02 Å². The van der Waals surface area contributed by atoms with Crippen molar-refractivity contribution >= 4 is 33.0 Å².